The third-order valence-corrected chi connectivity index (χ3v) is 4.79. The lowest BCUT2D eigenvalue weighted by Gasteiger charge is -2.16. The minimum absolute atomic E-state index is 0.127. The Balaban J connectivity index is 2.28. The number of hydrogen-bond acceptors (Lipinski definition) is 5. The van der Waals surface area contributed by atoms with Gasteiger partial charge in [-0.2, -0.15) is 0 Å². The van der Waals surface area contributed by atoms with Crippen LogP contribution in [0.2, 0.25) is 0 Å². The van der Waals surface area contributed by atoms with E-state index in [1.54, 1.807) is 18.2 Å². The number of aryl methyl sites for hydroxylation is 1. The van der Waals surface area contributed by atoms with Gasteiger partial charge < -0.3 is 11.1 Å². The van der Waals surface area contributed by atoms with Gasteiger partial charge in [0.1, 0.15) is 16.5 Å². The summed E-state index contributed by atoms with van der Waals surface area (Å²) in [5, 5.41) is 3.59. The van der Waals surface area contributed by atoms with Crippen molar-refractivity contribution in [1.82, 2.24) is 4.98 Å². The Morgan fingerprint density at radius 2 is 2.04 bits per heavy atom. The predicted molar refractivity (Wildman–Crippen MR) is 103 cm³/mol. The van der Waals surface area contributed by atoms with Gasteiger partial charge >= 0.3 is 0 Å². The summed E-state index contributed by atoms with van der Waals surface area (Å²) in [4.78, 5) is 16.3. The van der Waals surface area contributed by atoms with E-state index in [0.717, 1.165) is 5.56 Å². The largest absolute Gasteiger partial charge is 0.365 e. The molecule has 27 heavy (non-hydrogen) atoms. The monoisotopic (exact) mass is 387 g/mol. The molecule has 140 valence electrons. The van der Waals surface area contributed by atoms with Gasteiger partial charge in [-0.25, -0.2) is 12.8 Å². The van der Waals surface area contributed by atoms with E-state index in [4.69, 9.17) is 5.73 Å². The Hall–Kier alpha value is -3.00. The number of anilines is 2. The normalized spacial score (nSPS) is 11.1. The van der Waals surface area contributed by atoms with Crippen LogP contribution in [0.25, 0.3) is 10.9 Å². The molecule has 0 aliphatic carbocycles. The smallest absolute Gasteiger partial charge is 0.252 e. The molecule has 0 radical (unpaired) electrons. The van der Waals surface area contributed by atoms with E-state index in [2.05, 4.69) is 10.3 Å². The number of aromatic nitrogens is 1. The number of amides is 1. The molecule has 0 aliphatic rings. The number of primary amides is 1. The molecule has 0 unspecified atom stereocenters. The molecule has 0 spiro atoms. The van der Waals surface area contributed by atoms with Crippen molar-refractivity contribution in [2.24, 2.45) is 5.73 Å². The molecule has 0 bridgehead atoms. The van der Waals surface area contributed by atoms with Gasteiger partial charge in [-0.1, -0.05) is 19.1 Å². The molecule has 3 N–H and O–H groups in total. The van der Waals surface area contributed by atoms with Crippen molar-refractivity contribution in [2.45, 2.75) is 19.1 Å². The number of carbonyl (C=O) groups excluding carboxylic acids is 1. The fourth-order valence-corrected chi connectivity index (χ4v) is 3.46. The fraction of sp³-hybridized carbons (Fsp3) is 0.158. The number of hydrogen-bond donors (Lipinski definition) is 3. The highest BCUT2D eigenvalue weighted by molar-refractivity contribution is 7.71. The van der Waals surface area contributed by atoms with Gasteiger partial charge in [-0.15, -0.1) is 0 Å². The van der Waals surface area contributed by atoms with Crippen LogP contribution >= 0.6 is 0 Å². The van der Waals surface area contributed by atoms with Gasteiger partial charge in [0.25, 0.3) is 5.91 Å². The van der Waals surface area contributed by atoms with Gasteiger partial charge in [0.15, 0.2) is 0 Å². The van der Waals surface area contributed by atoms with Crippen molar-refractivity contribution < 1.29 is 17.6 Å². The topological polar surface area (TPSA) is 102 Å². The number of benzene rings is 2. The van der Waals surface area contributed by atoms with Crippen molar-refractivity contribution in [3.8, 4) is 0 Å². The summed E-state index contributed by atoms with van der Waals surface area (Å²) in [6.45, 7) is 1.93. The minimum Gasteiger partial charge on any atom is -0.365 e. The van der Waals surface area contributed by atoms with Gasteiger partial charge in [-0.05, 0) is 41.8 Å². The Morgan fingerprint density at radius 3 is 2.67 bits per heavy atom. The second kappa shape index (κ2) is 7.71. The van der Waals surface area contributed by atoms with Crippen LogP contribution in [0.1, 0.15) is 28.4 Å². The maximum Gasteiger partial charge on any atom is 0.252 e. The van der Waals surface area contributed by atoms with E-state index in [0.29, 0.717) is 34.3 Å². The van der Waals surface area contributed by atoms with E-state index in [-0.39, 0.29) is 11.3 Å². The highest BCUT2D eigenvalue weighted by atomic mass is 32.2. The maximum atomic E-state index is 13.6. The van der Waals surface area contributed by atoms with Crippen LogP contribution in [0.3, 0.4) is 0 Å². The summed E-state index contributed by atoms with van der Waals surface area (Å²) < 4.78 is 35.9. The predicted octanol–water partition coefficient (Wildman–Crippen LogP) is 2.89. The number of nitrogens with two attached hydrogens (primary N) is 1. The van der Waals surface area contributed by atoms with Crippen LogP contribution in [-0.4, -0.2) is 19.3 Å². The molecule has 1 heterocycles. The summed E-state index contributed by atoms with van der Waals surface area (Å²) in [7, 11) is -2.61. The SMILES string of the molecule is CCc1cc(C[SH](=O)=O)cc2c(Nc3cccc(F)c3)c(C(N)=O)cnc12. The van der Waals surface area contributed by atoms with E-state index in [1.165, 1.54) is 24.4 Å². The lowest BCUT2D eigenvalue weighted by atomic mass is 10.0. The molecule has 0 aliphatic heterocycles. The first-order valence-electron chi connectivity index (χ1n) is 8.27. The standard InChI is InChI=1S/C19H18FN3O3S/c1-2-12-6-11(10-27(25)26)7-15-17(12)22-9-16(19(21)24)18(15)23-14-5-3-4-13(20)8-14/h3-9,27H,2,10H2,1H3,(H2,21,24)(H,22,23). The van der Waals surface area contributed by atoms with Crippen LogP contribution in [0, 0.1) is 5.82 Å². The molecule has 0 fully saturated rings. The van der Waals surface area contributed by atoms with E-state index >= 15 is 0 Å². The molecule has 1 aromatic heterocycles. The van der Waals surface area contributed by atoms with Gasteiger partial charge in [0.05, 0.1) is 22.5 Å². The fourth-order valence-electron chi connectivity index (χ4n) is 2.98. The molecule has 0 saturated heterocycles. The zero-order chi connectivity index (χ0) is 19.6. The second-order valence-electron chi connectivity index (χ2n) is 6.04. The summed E-state index contributed by atoms with van der Waals surface area (Å²) in [6.07, 6.45) is 2.00. The molecule has 0 atom stereocenters. The Morgan fingerprint density at radius 1 is 1.26 bits per heavy atom. The van der Waals surface area contributed by atoms with Crippen molar-refractivity contribution in [1.29, 1.82) is 0 Å². The summed E-state index contributed by atoms with van der Waals surface area (Å²) in [6, 6.07) is 9.24. The summed E-state index contributed by atoms with van der Waals surface area (Å²) >= 11 is 0. The average molecular weight is 387 g/mol. The van der Waals surface area contributed by atoms with Crippen molar-refractivity contribution >= 4 is 38.9 Å². The van der Waals surface area contributed by atoms with Crippen molar-refractivity contribution in [3.05, 3.63) is 65.1 Å². The van der Waals surface area contributed by atoms with E-state index in [1.807, 2.05) is 6.92 Å². The first kappa shape index (κ1) is 18.8. The van der Waals surface area contributed by atoms with Crippen LogP contribution in [0.4, 0.5) is 15.8 Å². The number of rotatable bonds is 6. The van der Waals surface area contributed by atoms with Crippen molar-refractivity contribution in [2.75, 3.05) is 5.32 Å². The zero-order valence-electron chi connectivity index (χ0n) is 14.5. The molecule has 8 heteroatoms. The molecule has 3 aromatic rings. The molecule has 2 aromatic carbocycles. The van der Waals surface area contributed by atoms with Crippen LogP contribution in [0.5, 0.6) is 0 Å². The third-order valence-electron chi connectivity index (χ3n) is 4.16. The number of fused-ring (bicyclic) bond motifs is 1. The first-order chi connectivity index (χ1) is 12.9. The number of nitrogens with one attached hydrogen (secondary N) is 1. The highest BCUT2D eigenvalue weighted by Crippen LogP contribution is 2.32. The minimum atomic E-state index is -2.61. The third kappa shape index (κ3) is 4.06. The Bertz CT molecular complexity index is 1100. The lowest BCUT2D eigenvalue weighted by molar-refractivity contribution is 0.100. The maximum absolute atomic E-state index is 13.6. The Labute approximate surface area is 157 Å². The first-order valence-corrected chi connectivity index (χ1v) is 9.64. The zero-order valence-corrected chi connectivity index (χ0v) is 15.4. The molecule has 6 nitrogen and oxygen atoms in total. The summed E-state index contributed by atoms with van der Waals surface area (Å²) in [5.74, 6) is -1.25. The molecule has 0 saturated carbocycles. The van der Waals surface area contributed by atoms with Crippen LogP contribution in [0.15, 0.2) is 42.6 Å². The van der Waals surface area contributed by atoms with Gasteiger partial charge in [0.2, 0.25) is 0 Å². The number of thiol groups is 1. The molecule has 3 rings (SSSR count). The number of pyridine rings is 1. The number of halogens is 1. The Kier molecular flexibility index (Phi) is 5.36. The number of carbonyl (C=O) groups is 1. The van der Waals surface area contributed by atoms with Crippen LogP contribution < -0.4 is 11.1 Å². The second-order valence-corrected chi connectivity index (χ2v) is 7.02. The molecular weight excluding hydrogens is 369 g/mol. The quantitative estimate of drug-likeness (QED) is 0.565. The molecular formula is C19H18FN3O3S. The highest BCUT2D eigenvalue weighted by Gasteiger charge is 2.16. The van der Waals surface area contributed by atoms with E-state index < -0.39 is 22.4 Å². The molecule has 1 amide bonds. The van der Waals surface area contributed by atoms with Crippen molar-refractivity contribution in [3.63, 3.8) is 0 Å². The average Bonchev–Trinajstić information content (AvgIpc) is 2.60. The van der Waals surface area contributed by atoms with Crippen LogP contribution in [-0.2, 0) is 22.9 Å². The summed E-state index contributed by atoms with van der Waals surface area (Å²) in [5.41, 5.74) is 8.49. The number of nitrogens with zero attached hydrogens (tertiary/aromatic N) is 1. The van der Waals surface area contributed by atoms with Gasteiger partial charge in [-0.3, -0.25) is 9.78 Å². The van der Waals surface area contributed by atoms with Gasteiger partial charge in [0, 0.05) is 17.3 Å². The lowest BCUT2D eigenvalue weighted by Crippen LogP contribution is -2.14. The van der Waals surface area contributed by atoms with E-state index in [9.17, 15) is 17.6 Å².